The van der Waals surface area contributed by atoms with Crippen LogP contribution < -0.4 is 0 Å². The van der Waals surface area contributed by atoms with E-state index in [0.29, 0.717) is 11.8 Å². The van der Waals surface area contributed by atoms with Crippen LogP contribution in [0.4, 0.5) is 0 Å². The number of likely N-dealkylation sites (tertiary alicyclic amines) is 1. The van der Waals surface area contributed by atoms with E-state index in [0.717, 1.165) is 32.5 Å². The lowest BCUT2D eigenvalue weighted by atomic mass is 9.97. The van der Waals surface area contributed by atoms with Gasteiger partial charge in [0.2, 0.25) is 5.91 Å². The zero-order valence-corrected chi connectivity index (χ0v) is 11.6. The number of aliphatic hydroxyl groups is 1. The minimum absolute atomic E-state index is 0.0453. The molecule has 1 rings (SSSR count). The van der Waals surface area contributed by atoms with E-state index >= 15 is 0 Å². The molecule has 0 aromatic carbocycles. The van der Waals surface area contributed by atoms with Gasteiger partial charge in [0.15, 0.2) is 0 Å². The summed E-state index contributed by atoms with van der Waals surface area (Å²) in [4.78, 5) is 15.7. The molecule has 0 aromatic rings. The van der Waals surface area contributed by atoms with Crippen LogP contribution in [0.25, 0.3) is 0 Å². The number of carbonyl (C=O) groups excluding carboxylic acids is 1. The van der Waals surface area contributed by atoms with Gasteiger partial charge in [-0.05, 0) is 32.6 Å². The Morgan fingerprint density at radius 2 is 2.28 bits per heavy atom. The fraction of sp³-hybridized carbons (Fsp3) is 0.846. The van der Waals surface area contributed by atoms with Crippen molar-refractivity contribution in [2.24, 2.45) is 5.92 Å². The van der Waals surface area contributed by atoms with Crippen LogP contribution in [0.2, 0.25) is 0 Å². The van der Waals surface area contributed by atoms with E-state index in [1.165, 1.54) is 0 Å². The van der Waals surface area contributed by atoms with Crippen molar-refractivity contribution in [3.8, 4) is 0 Å². The standard InChI is InChI=1S/C13H25N3O2/c1-10(17)7-13(18)16-6-4-5-12(9-16)8-15(3)11(2)14/h10,12,14,17H,4-9H2,1-3H3. The molecule has 5 heteroatoms. The average Bonchev–Trinajstić information content (AvgIpc) is 2.28. The number of hydrogen-bond donors (Lipinski definition) is 2. The lowest BCUT2D eigenvalue weighted by Gasteiger charge is -2.35. The fourth-order valence-electron chi connectivity index (χ4n) is 2.35. The van der Waals surface area contributed by atoms with Crippen molar-refractivity contribution in [1.29, 1.82) is 5.41 Å². The van der Waals surface area contributed by atoms with E-state index in [1.54, 1.807) is 13.8 Å². The van der Waals surface area contributed by atoms with Crippen molar-refractivity contribution in [2.45, 2.75) is 39.2 Å². The molecule has 0 bridgehead atoms. The summed E-state index contributed by atoms with van der Waals surface area (Å²) in [6, 6.07) is 0. The first kappa shape index (κ1) is 15.0. The Balaban J connectivity index is 2.45. The largest absolute Gasteiger partial charge is 0.393 e. The minimum Gasteiger partial charge on any atom is -0.393 e. The highest BCUT2D eigenvalue weighted by Gasteiger charge is 2.25. The first-order chi connectivity index (χ1) is 8.40. The second-order valence-corrected chi connectivity index (χ2v) is 5.37. The highest BCUT2D eigenvalue weighted by molar-refractivity contribution is 5.77. The summed E-state index contributed by atoms with van der Waals surface area (Å²) in [6.07, 6.45) is 1.77. The average molecular weight is 255 g/mol. The highest BCUT2D eigenvalue weighted by atomic mass is 16.3. The van der Waals surface area contributed by atoms with Gasteiger partial charge in [-0.3, -0.25) is 10.2 Å². The van der Waals surface area contributed by atoms with Crippen molar-refractivity contribution >= 4 is 11.7 Å². The van der Waals surface area contributed by atoms with Gasteiger partial charge in [-0.2, -0.15) is 0 Å². The van der Waals surface area contributed by atoms with E-state index in [4.69, 9.17) is 5.41 Å². The molecule has 18 heavy (non-hydrogen) atoms. The first-order valence-corrected chi connectivity index (χ1v) is 6.62. The van der Waals surface area contributed by atoms with Gasteiger partial charge in [0.25, 0.3) is 0 Å². The molecule has 2 unspecified atom stereocenters. The number of nitrogens with zero attached hydrogens (tertiary/aromatic N) is 2. The maximum absolute atomic E-state index is 11.9. The van der Waals surface area contributed by atoms with Crippen molar-refractivity contribution in [1.82, 2.24) is 9.80 Å². The number of amidine groups is 1. The third-order valence-corrected chi connectivity index (χ3v) is 3.45. The summed E-state index contributed by atoms with van der Waals surface area (Å²) < 4.78 is 0. The van der Waals surface area contributed by atoms with Crippen LogP contribution >= 0.6 is 0 Å². The van der Waals surface area contributed by atoms with Gasteiger partial charge in [-0.15, -0.1) is 0 Å². The summed E-state index contributed by atoms with van der Waals surface area (Å²) in [7, 11) is 1.92. The van der Waals surface area contributed by atoms with Gasteiger partial charge in [0, 0.05) is 26.7 Å². The van der Waals surface area contributed by atoms with E-state index in [-0.39, 0.29) is 12.3 Å². The van der Waals surface area contributed by atoms with Crippen molar-refractivity contribution in [2.75, 3.05) is 26.7 Å². The highest BCUT2D eigenvalue weighted by Crippen LogP contribution is 2.18. The Morgan fingerprint density at radius 1 is 1.61 bits per heavy atom. The molecule has 2 N–H and O–H groups in total. The molecular formula is C13H25N3O2. The quantitative estimate of drug-likeness (QED) is 0.580. The summed E-state index contributed by atoms with van der Waals surface area (Å²) in [5, 5.41) is 16.8. The summed E-state index contributed by atoms with van der Waals surface area (Å²) in [6.45, 7) is 5.80. The van der Waals surface area contributed by atoms with Gasteiger partial charge in [-0.1, -0.05) is 0 Å². The normalized spacial score (nSPS) is 21.6. The summed E-state index contributed by atoms with van der Waals surface area (Å²) in [5.74, 6) is 1.04. The molecule has 0 radical (unpaired) electrons. The van der Waals surface area contributed by atoms with E-state index in [1.807, 2.05) is 16.8 Å². The molecule has 1 heterocycles. The Bertz CT molecular complexity index is 305. The topological polar surface area (TPSA) is 67.6 Å². The van der Waals surface area contributed by atoms with Gasteiger partial charge >= 0.3 is 0 Å². The van der Waals surface area contributed by atoms with E-state index in [2.05, 4.69) is 0 Å². The third-order valence-electron chi connectivity index (χ3n) is 3.45. The van der Waals surface area contributed by atoms with Gasteiger partial charge < -0.3 is 14.9 Å². The van der Waals surface area contributed by atoms with Gasteiger partial charge in [0.1, 0.15) is 0 Å². The van der Waals surface area contributed by atoms with Crippen molar-refractivity contribution < 1.29 is 9.90 Å². The van der Waals surface area contributed by atoms with Gasteiger partial charge in [-0.25, -0.2) is 0 Å². The molecule has 0 aliphatic carbocycles. The Morgan fingerprint density at radius 3 is 2.83 bits per heavy atom. The molecule has 1 saturated heterocycles. The van der Waals surface area contributed by atoms with Crippen LogP contribution in [0.3, 0.4) is 0 Å². The van der Waals surface area contributed by atoms with E-state index < -0.39 is 6.10 Å². The maximum atomic E-state index is 11.9. The van der Waals surface area contributed by atoms with Crippen LogP contribution in [0.15, 0.2) is 0 Å². The first-order valence-electron chi connectivity index (χ1n) is 6.62. The fourth-order valence-corrected chi connectivity index (χ4v) is 2.35. The number of carbonyl (C=O) groups is 1. The Labute approximate surface area is 109 Å². The molecular weight excluding hydrogens is 230 g/mol. The van der Waals surface area contributed by atoms with Gasteiger partial charge in [0.05, 0.1) is 18.4 Å². The predicted octanol–water partition coefficient (Wildman–Crippen LogP) is 0.925. The van der Waals surface area contributed by atoms with Crippen LogP contribution in [0, 0.1) is 11.3 Å². The van der Waals surface area contributed by atoms with E-state index in [9.17, 15) is 9.90 Å². The molecule has 0 saturated carbocycles. The minimum atomic E-state index is -0.565. The molecule has 1 aliphatic rings. The third kappa shape index (κ3) is 4.64. The lowest BCUT2D eigenvalue weighted by molar-refractivity contribution is -0.134. The van der Waals surface area contributed by atoms with Crippen LogP contribution in [-0.4, -0.2) is 59.4 Å². The zero-order chi connectivity index (χ0) is 13.7. The molecule has 1 amide bonds. The van der Waals surface area contributed by atoms with Crippen LogP contribution in [0.5, 0.6) is 0 Å². The predicted molar refractivity (Wildman–Crippen MR) is 71.6 cm³/mol. The molecule has 1 fully saturated rings. The number of piperidine rings is 1. The molecule has 0 spiro atoms. The van der Waals surface area contributed by atoms with Crippen molar-refractivity contribution in [3.63, 3.8) is 0 Å². The number of nitrogens with one attached hydrogen (secondary N) is 1. The number of amides is 1. The second-order valence-electron chi connectivity index (χ2n) is 5.37. The second kappa shape index (κ2) is 6.73. The SMILES string of the molecule is CC(=N)N(C)CC1CCCN(C(=O)CC(C)O)C1. The summed E-state index contributed by atoms with van der Waals surface area (Å²) in [5.41, 5.74) is 0. The number of rotatable bonds is 4. The molecule has 104 valence electrons. The molecule has 0 aromatic heterocycles. The Kier molecular flexibility index (Phi) is 5.59. The monoisotopic (exact) mass is 255 g/mol. The number of aliphatic hydroxyl groups excluding tert-OH is 1. The Hall–Kier alpha value is -1.10. The van der Waals surface area contributed by atoms with Crippen LogP contribution in [0.1, 0.15) is 33.1 Å². The molecule has 2 atom stereocenters. The number of hydrogen-bond acceptors (Lipinski definition) is 3. The zero-order valence-electron chi connectivity index (χ0n) is 11.6. The molecule has 5 nitrogen and oxygen atoms in total. The smallest absolute Gasteiger partial charge is 0.225 e. The summed E-state index contributed by atoms with van der Waals surface area (Å²) >= 11 is 0. The maximum Gasteiger partial charge on any atom is 0.225 e. The van der Waals surface area contributed by atoms with Crippen molar-refractivity contribution in [3.05, 3.63) is 0 Å². The lowest BCUT2D eigenvalue weighted by Crippen LogP contribution is -2.44. The van der Waals surface area contributed by atoms with Crippen LogP contribution in [-0.2, 0) is 4.79 Å². The molecule has 1 aliphatic heterocycles.